The molecule has 168 valence electrons. The van der Waals surface area contributed by atoms with Crippen molar-refractivity contribution in [1.82, 2.24) is 0 Å². The Kier molecular flexibility index (Phi) is 6.07. The van der Waals surface area contributed by atoms with Crippen LogP contribution in [0.15, 0.2) is 41.6 Å². The molecule has 1 unspecified atom stereocenters. The Morgan fingerprint density at radius 2 is 1.84 bits per heavy atom. The Hall–Kier alpha value is -2.03. The fourth-order valence-corrected chi connectivity index (χ4v) is 5.06. The smallest absolute Gasteiger partial charge is 0.365 e. The van der Waals surface area contributed by atoms with Crippen molar-refractivity contribution >= 4 is 52.2 Å². The minimum absolute atomic E-state index is 0.0338. The van der Waals surface area contributed by atoms with E-state index in [1.54, 1.807) is 18.7 Å². The molecule has 2 aromatic carbocycles. The van der Waals surface area contributed by atoms with Crippen LogP contribution >= 0.6 is 35.0 Å². The zero-order chi connectivity index (χ0) is 23.3. The highest BCUT2D eigenvalue weighted by molar-refractivity contribution is 8.00. The molecule has 2 aliphatic rings. The lowest BCUT2D eigenvalue weighted by molar-refractivity contribution is -0.264. The number of oxime groups is 1. The number of carbonyl (C=O) groups excluding carboxylic acids is 2. The molecule has 2 heterocycles. The molecule has 1 fully saturated rings. The number of carbonyl (C=O) groups is 2. The van der Waals surface area contributed by atoms with Crippen LogP contribution in [0.2, 0.25) is 10.0 Å². The molecule has 0 N–H and O–H groups in total. The number of hydrogen-bond donors (Lipinski definition) is 0. The number of halogens is 5. The molecule has 0 radical (unpaired) electrons. The van der Waals surface area contributed by atoms with Gasteiger partial charge in [-0.05, 0) is 54.2 Å². The summed E-state index contributed by atoms with van der Waals surface area (Å²) in [5.41, 5.74) is -3.26. The van der Waals surface area contributed by atoms with E-state index in [0.29, 0.717) is 23.5 Å². The van der Waals surface area contributed by atoms with Gasteiger partial charge >= 0.3 is 11.8 Å². The average Bonchev–Trinajstić information content (AvgIpc) is 3.01. The second kappa shape index (κ2) is 8.39. The highest BCUT2D eigenvalue weighted by Gasteiger charge is 2.68. The van der Waals surface area contributed by atoms with E-state index in [1.165, 1.54) is 24.3 Å². The van der Waals surface area contributed by atoms with Gasteiger partial charge in [-0.15, -0.1) is 0 Å². The molecule has 4 nitrogen and oxygen atoms in total. The quantitative estimate of drug-likeness (QED) is 0.471. The number of Topliss-reactive ketones (excluding diaryl/α,β-unsaturated/α-hetero) is 2. The Bertz CT molecular complexity index is 1130. The van der Waals surface area contributed by atoms with Crippen LogP contribution in [0, 0.1) is 12.8 Å². The van der Waals surface area contributed by atoms with E-state index in [0.717, 1.165) is 23.6 Å². The van der Waals surface area contributed by atoms with E-state index in [9.17, 15) is 22.8 Å². The van der Waals surface area contributed by atoms with Gasteiger partial charge in [0.05, 0.1) is 0 Å². The highest BCUT2D eigenvalue weighted by Crippen LogP contribution is 2.48. The molecule has 10 heteroatoms. The van der Waals surface area contributed by atoms with Gasteiger partial charge in [-0.1, -0.05) is 40.5 Å². The van der Waals surface area contributed by atoms with Crippen LogP contribution in [0.1, 0.15) is 33.5 Å². The molecule has 0 bridgehead atoms. The first-order chi connectivity index (χ1) is 15.0. The maximum atomic E-state index is 14.2. The van der Waals surface area contributed by atoms with Gasteiger partial charge in [0, 0.05) is 33.2 Å². The first-order valence-corrected chi connectivity index (χ1v) is 11.5. The van der Waals surface area contributed by atoms with Crippen molar-refractivity contribution in [1.29, 1.82) is 0 Å². The molecule has 0 spiro atoms. The van der Waals surface area contributed by atoms with Crippen molar-refractivity contribution in [3.8, 4) is 0 Å². The van der Waals surface area contributed by atoms with Gasteiger partial charge in [-0.2, -0.15) is 24.9 Å². The van der Waals surface area contributed by atoms with Gasteiger partial charge in [0.15, 0.2) is 11.5 Å². The summed E-state index contributed by atoms with van der Waals surface area (Å²) in [6.07, 6.45) is -4.71. The van der Waals surface area contributed by atoms with Gasteiger partial charge in [0.25, 0.3) is 0 Å². The van der Waals surface area contributed by atoms with Crippen LogP contribution in [0.25, 0.3) is 0 Å². The van der Waals surface area contributed by atoms with Gasteiger partial charge in [0.2, 0.25) is 5.78 Å². The van der Waals surface area contributed by atoms with E-state index < -0.39 is 28.8 Å². The molecule has 1 atom stereocenters. The minimum Gasteiger partial charge on any atom is -0.365 e. The number of rotatable bonds is 5. The second-order valence-electron chi connectivity index (χ2n) is 7.76. The normalized spacial score (nSPS) is 21.2. The summed E-state index contributed by atoms with van der Waals surface area (Å²) >= 11 is 13.5. The zero-order valence-electron chi connectivity index (χ0n) is 16.6. The van der Waals surface area contributed by atoms with Crippen LogP contribution in [0.4, 0.5) is 13.2 Å². The predicted molar refractivity (Wildman–Crippen MR) is 118 cm³/mol. The predicted octanol–water partition coefficient (Wildman–Crippen LogP) is 6.00. The lowest BCUT2D eigenvalue weighted by Crippen LogP contribution is -2.49. The topological polar surface area (TPSA) is 55.7 Å². The van der Waals surface area contributed by atoms with Gasteiger partial charge in [0.1, 0.15) is 0 Å². The second-order valence-corrected chi connectivity index (χ2v) is 9.71. The number of hydrogen-bond acceptors (Lipinski definition) is 5. The molecule has 0 aromatic heterocycles. The Morgan fingerprint density at radius 1 is 1.19 bits per heavy atom. The van der Waals surface area contributed by atoms with E-state index in [4.69, 9.17) is 28.0 Å². The van der Waals surface area contributed by atoms with Gasteiger partial charge in [-0.25, -0.2) is 0 Å². The molecule has 0 aliphatic carbocycles. The standard InChI is InChI=1S/C22H16Cl2F3NO3S/c1-11-4-13(2-3-17(11)18(29)5-12-9-32-10-12)19-20(30)21(31-28-19,22(25,26)27)14-6-15(23)8-16(24)7-14/h2-4,6-8,12H,5,9-10H2,1H3. The molecule has 1 saturated heterocycles. The van der Waals surface area contributed by atoms with Crippen molar-refractivity contribution < 1.29 is 27.6 Å². The molecule has 32 heavy (non-hydrogen) atoms. The summed E-state index contributed by atoms with van der Waals surface area (Å²) in [6.45, 7) is 1.67. The number of benzene rings is 2. The molecule has 4 rings (SSSR count). The monoisotopic (exact) mass is 501 g/mol. The Morgan fingerprint density at radius 3 is 2.38 bits per heavy atom. The molecule has 2 aliphatic heterocycles. The first-order valence-electron chi connectivity index (χ1n) is 9.59. The number of aryl methyl sites for hydroxylation is 1. The Balaban J connectivity index is 1.68. The minimum atomic E-state index is -5.13. The van der Waals surface area contributed by atoms with E-state index >= 15 is 0 Å². The molecular weight excluding hydrogens is 486 g/mol. The van der Waals surface area contributed by atoms with E-state index in [2.05, 4.69) is 5.16 Å². The SMILES string of the molecule is Cc1cc(C2=NOC(c3cc(Cl)cc(Cl)c3)(C(F)(F)F)C2=O)ccc1C(=O)CC1CSC1. The maximum Gasteiger partial charge on any atom is 0.443 e. The van der Waals surface area contributed by atoms with E-state index in [1.807, 2.05) is 0 Å². The summed E-state index contributed by atoms with van der Waals surface area (Å²) in [5, 5.41) is 3.34. The van der Waals surface area contributed by atoms with Crippen LogP contribution in [0.5, 0.6) is 0 Å². The van der Waals surface area contributed by atoms with Crippen molar-refractivity contribution in [3.63, 3.8) is 0 Å². The largest absolute Gasteiger partial charge is 0.443 e. The highest BCUT2D eigenvalue weighted by atomic mass is 35.5. The lowest BCUT2D eigenvalue weighted by atomic mass is 9.84. The van der Waals surface area contributed by atoms with Crippen LogP contribution < -0.4 is 0 Å². The molecule has 2 aromatic rings. The molecule has 0 amide bonds. The lowest BCUT2D eigenvalue weighted by Gasteiger charge is -2.28. The van der Waals surface area contributed by atoms with Gasteiger partial charge < -0.3 is 4.84 Å². The maximum absolute atomic E-state index is 14.2. The van der Waals surface area contributed by atoms with Crippen LogP contribution in [0.3, 0.4) is 0 Å². The van der Waals surface area contributed by atoms with Crippen LogP contribution in [-0.2, 0) is 15.2 Å². The number of nitrogens with zero attached hydrogens (tertiary/aromatic N) is 1. The summed E-state index contributed by atoms with van der Waals surface area (Å²) in [6, 6.07) is 7.59. The summed E-state index contributed by atoms with van der Waals surface area (Å²) in [7, 11) is 0. The van der Waals surface area contributed by atoms with Crippen LogP contribution in [-0.4, -0.2) is 35.0 Å². The Labute approximate surface area is 196 Å². The number of ketones is 2. The van der Waals surface area contributed by atoms with Crippen molar-refractivity contribution in [2.75, 3.05) is 11.5 Å². The van der Waals surface area contributed by atoms with Crippen molar-refractivity contribution in [3.05, 3.63) is 68.7 Å². The third-order valence-corrected chi connectivity index (χ3v) is 7.31. The molecule has 0 saturated carbocycles. The number of thioether (sulfide) groups is 1. The summed E-state index contributed by atoms with van der Waals surface area (Å²) in [5.74, 6) is 0.816. The van der Waals surface area contributed by atoms with Gasteiger partial charge in [-0.3, -0.25) is 9.59 Å². The van der Waals surface area contributed by atoms with Crippen molar-refractivity contribution in [2.45, 2.75) is 25.1 Å². The molecular formula is C22H16Cl2F3NO3S. The third kappa shape index (κ3) is 3.93. The van der Waals surface area contributed by atoms with E-state index in [-0.39, 0.29) is 21.4 Å². The summed E-state index contributed by atoms with van der Waals surface area (Å²) in [4.78, 5) is 30.4. The number of alkyl halides is 3. The van der Waals surface area contributed by atoms with Crippen molar-refractivity contribution in [2.24, 2.45) is 11.1 Å². The first kappa shape index (κ1) is 23.1. The third-order valence-electron chi connectivity index (χ3n) is 5.46. The zero-order valence-corrected chi connectivity index (χ0v) is 19.0. The fourth-order valence-electron chi connectivity index (χ4n) is 3.73. The average molecular weight is 502 g/mol. The fraction of sp³-hybridized carbons (Fsp3) is 0.318. The summed E-state index contributed by atoms with van der Waals surface area (Å²) < 4.78 is 42.5.